The molecule has 0 aliphatic heterocycles. The van der Waals surface area contributed by atoms with Gasteiger partial charge in [-0.3, -0.25) is 4.79 Å². The first kappa shape index (κ1) is 16.7. The van der Waals surface area contributed by atoms with E-state index in [1.54, 1.807) is 0 Å². The standard InChI is InChI=1S/C21H25NO2/c23-21(24-16-18-11-5-2-6-12-18)19-13-7-8-14-20(19)22-15-17-9-3-1-4-10-17/h1-6,9-12,19-20,22H,7-8,13-16H2/t19-,20+/m0/s1. The number of ether oxygens (including phenoxy) is 1. The molecule has 1 aliphatic rings. The molecule has 1 N–H and O–H groups in total. The molecule has 1 saturated carbocycles. The molecule has 1 aliphatic carbocycles. The topological polar surface area (TPSA) is 38.3 Å². The number of esters is 1. The van der Waals surface area contributed by atoms with Crippen LogP contribution in [0.15, 0.2) is 60.7 Å². The molecule has 1 fully saturated rings. The highest BCUT2D eigenvalue weighted by Gasteiger charge is 2.31. The van der Waals surface area contributed by atoms with Crippen LogP contribution in [0.2, 0.25) is 0 Å². The maximum atomic E-state index is 12.5. The zero-order chi connectivity index (χ0) is 16.6. The average molecular weight is 323 g/mol. The number of nitrogens with one attached hydrogen (secondary N) is 1. The van der Waals surface area contributed by atoms with Gasteiger partial charge in [-0.1, -0.05) is 73.5 Å². The molecule has 0 aromatic heterocycles. The molecule has 2 aromatic carbocycles. The summed E-state index contributed by atoms with van der Waals surface area (Å²) in [5, 5.41) is 3.57. The van der Waals surface area contributed by atoms with E-state index in [2.05, 4.69) is 17.4 Å². The van der Waals surface area contributed by atoms with Gasteiger partial charge in [-0.15, -0.1) is 0 Å². The first-order chi connectivity index (χ1) is 11.8. The summed E-state index contributed by atoms with van der Waals surface area (Å²) in [5.74, 6) is -0.102. The summed E-state index contributed by atoms with van der Waals surface area (Å²) in [6.07, 6.45) is 4.24. The summed E-state index contributed by atoms with van der Waals surface area (Å²) in [6.45, 7) is 1.16. The maximum absolute atomic E-state index is 12.5. The minimum Gasteiger partial charge on any atom is -0.461 e. The van der Waals surface area contributed by atoms with Crippen molar-refractivity contribution in [3.8, 4) is 0 Å². The van der Waals surface area contributed by atoms with E-state index in [-0.39, 0.29) is 17.9 Å². The first-order valence-electron chi connectivity index (χ1n) is 8.81. The molecule has 0 heterocycles. The van der Waals surface area contributed by atoms with E-state index >= 15 is 0 Å². The SMILES string of the molecule is O=C(OCc1ccccc1)[C@H]1CCCC[C@H]1NCc1ccccc1. The Kier molecular flexibility index (Phi) is 6.02. The van der Waals surface area contributed by atoms with Crippen LogP contribution in [0.5, 0.6) is 0 Å². The Labute approximate surface area is 144 Å². The first-order valence-corrected chi connectivity index (χ1v) is 8.81. The van der Waals surface area contributed by atoms with Gasteiger partial charge < -0.3 is 10.1 Å². The van der Waals surface area contributed by atoms with E-state index in [9.17, 15) is 4.79 Å². The van der Waals surface area contributed by atoms with Crippen molar-refractivity contribution in [1.82, 2.24) is 5.32 Å². The summed E-state index contributed by atoms with van der Waals surface area (Å²) < 4.78 is 5.57. The average Bonchev–Trinajstić information content (AvgIpc) is 2.66. The van der Waals surface area contributed by atoms with Gasteiger partial charge in [0.2, 0.25) is 0 Å². The van der Waals surface area contributed by atoms with E-state index in [1.807, 2.05) is 48.5 Å². The van der Waals surface area contributed by atoms with Gasteiger partial charge >= 0.3 is 5.97 Å². The lowest BCUT2D eigenvalue weighted by atomic mass is 9.84. The van der Waals surface area contributed by atoms with Crippen molar-refractivity contribution in [3.63, 3.8) is 0 Å². The lowest BCUT2D eigenvalue weighted by Gasteiger charge is -2.30. The monoisotopic (exact) mass is 323 g/mol. The largest absolute Gasteiger partial charge is 0.461 e. The third kappa shape index (κ3) is 4.68. The zero-order valence-electron chi connectivity index (χ0n) is 14.0. The highest BCUT2D eigenvalue weighted by atomic mass is 16.5. The summed E-state index contributed by atoms with van der Waals surface area (Å²) in [6, 6.07) is 20.4. The molecule has 2 aromatic rings. The molecule has 0 unspecified atom stereocenters. The van der Waals surface area contributed by atoms with Crippen LogP contribution in [-0.4, -0.2) is 12.0 Å². The Balaban J connectivity index is 1.54. The van der Waals surface area contributed by atoms with Crippen LogP contribution in [0.1, 0.15) is 36.8 Å². The van der Waals surface area contributed by atoms with Crippen LogP contribution in [-0.2, 0) is 22.7 Å². The van der Waals surface area contributed by atoms with Crippen LogP contribution in [0.3, 0.4) is 0 Å². The molecule has 3 rings (SSSR count). The summed E-state index contributed by atoms with van der Waals surface area (Å²) in [5.41, 5.74) is 2.29. The fraction of sp³-hybridized carbons (Fsp3) is 0.381. The molecule has 0 amide bonds. The molecule has 126 valence electrons. The quantitative estimate of drug-likeness (QED) is 0.814. The van der Waals surface area contributed by atoms with Gasteiger partial charge in [0, 0.05) is 12.6 Å². The molecular weight excluding hydrogens is 298 g/mol. The highest BCUT2D eigenvalue weighted by molar-refractivity contribution is 5.73. The molecule has 0 radical (unpaired) electrons. The third-order valence-electron chi connectivity index (χ3n) is 4.70. The Morgan fingerprint density at radius 3 is 2.25 bits per heavy atom. The van der Waals surface area contributed by atoms with Crippen molar-refractivity contribution in [1.29, 1.82) is 0 Å². The van der Waals surface area contributed by atoms with Crippen molar-refractivity contribution in [2.24, 2.45) is 5.92 Å². The van der Waals surface area contributed by atoms with E-state index in [1.165, 1.54) is 12.0 Å². The Morgan fingerprint density at radius 2 is 1.54 bits per heavy atom. The van der Waals surface area contributed by atoms with Gasteiger partial charge in [0.25, 0.3) is 0 Å². The molecule has 2 atom stereocenters. The fourth-order valence-corrected chi connectivity index (χ4v) is 3.34. The maximum Gasteiger partial charge on any atom is 0.310 e. The smallest absolute Gasteiger partial charge is 0.310 e. The van der Waals surface area contributed by atoms with E-state index in [0.717, 1.165) is 31.4 Å². The number of rotatable bonds is 6. The van der Waals surface area contributed by atoms with Crippen molar-refractivity contribution >= 4 is 5.97 Å². The second-order valence-corrected chi connectivity index (χ2v) is 6.46. The molecule has 24 heavy (non-hydrogen) atoms. The third-order valence-corrected chi connectivity index (χ3v) is 4.70. The molecule has 0 bridgehead atoms. The fourth-order valence-electron chi connectivity index (χ4n) is 3.34. The van der Waals surface area contributed by atoms with Crippen molar-refractivity contribution < 1.29 is 9.53 Å². The zero-order valence-corrected chi connectivity index (χ0v) is 14.0. The number of carbonyl (C=O) groups is 1. The van der Waals surface area contributed by atoms with Crippen LogP contribution < -0.4 is 5.32 Å². The van der Waals surface area contributed by atoms with E-state index in [0.29, 0.717) is 6.61 Å². The lowest BCUT2D eigenvalue weighted by Crippen LogP contribution is -2.42. The highest BCUT2D eigenvalue weighted by Crippen LogP contribution is 2.26. The van der Waals surface area contributed by atoms with Gasteiger partial charge in [0.1, 0.15) is 6.61 Å². The number of carbonyl (C=O) groups excluding carboxylic acids is 1. The predicted octanol–water partition coefficient (Wildman–Crippen LogP) is 4.08. The van der Waals surface area contributed by atoms with Crippen LogP contribution >= 0.6 is 0 Å². The molecule has 0 spiro atoms. The van der Waals surface area contributed by atoms with Crippen molar-refractivity contribution in [2.75, 3.05) is 0 Å². The molecular formula is C21H25NO2. The van der Waals surface area contributed by atoms with Crippen molar-refractivity contribution in [2.45, 2.75) is 44.9 Å². The summed E-state index contributed by atoms with van der Waals surface area (Å²) in [7, 11) is 0. The van der Waals surface area contributed by atoms with Crippen molar-refractivity contribution in [3.05, 3.63) is 71.8 Å². The number of hydrogen-bond donors (Lipinski definition) is 1. The van der Waals surface area contributed by atoms with Crippen LogP contribution in [0.4, 0.5) is 0 Å². The summed E-state index contributed by atoms with van der Waals surface area (Å²) >= 11 is 0. The second-order valence-electron chi connectivity index (χ2n) is 6.46. The van der Waals surface area contributed by atoms with Gasteiger partial charge in [0.05, 0.1) is 5.92 Å². The summed E-state index contributed by atoms with van der Waals surface area (Å²) in [4.78, 5) is 12.5. The van der Waals surface area contributed by atoms with Gasteiger partial charge in [0.15, 0.2) is 0 Å². The number of benzene rings is 2. The molecule has 3 heteroatoms. The van der Waals surface area contributed by atoms with Gasteiger partial charge in [-0.25, -0.2) is 0 Å². The Hall–Kier alpha value is -2.13. The Morgan fingerprint density at radius 1 is 0.917 bits per heavy atom. The van der Waals surface area contributed by atoms with Crippen LogP contribution in [0, 0.1) is 5.92 Å². The second kappa shape index (κ2) is 8.65. The van der Waals surface area contributed by atoms with Gasteiger partial charge in [-0.05, 0) is 24.0 Å². The number of hydrogen-bond acceptors (Lipinski definition) is 3. The van der Waals surface area contributed by atoms with Gasteiger partial charge in [-0.2, -0.15) is 0 Å². The Bertz CT molecular complexity index is 627. The molecule has 0 saturated heterocycles. The minimum absolute atomic E-state index is 0.0359. The van der Waals surface area contributed by atoms with E-state index in [4.69, 9.17) is 4.74 Å². The predicted molar refractivity (Wildman–Crippen MR) is 95.3 cm³/mol. The minimum atomic E-state index is -0.0656. The normalized spacial score (nSPS) is 20.5. The van der Waals surface area contributed by atoms with Crippen LogP contribution in [0.25, 0.3) is 0 Å². The van der Waals surface area contributed by atoms with E-state index < -0.39 is 0 Å². The lowest BCUT2D eigenvalue weighted by molar-refractivity contribution is -0.152. The molecule has 3 nitrogen and oxygen atoms in total.